The Morgan fingerprint density at radius 1 is 1.21 bits per heavy atom. The number of ether oxygens (including phenoxy) is 1. The van der Waals surface area contributed by atoms with E-state index in [0.29, 0.717) is 25.3 Å². The summed E-state index contributed by atoms with van der Waals surface area (Å²) in [7, 11) is 0. The van der Waals surface area contributed by atoms with Crippen molar-refractivity contribution in [2.75, 3.05) is 13.2 Å². The molecule has 0 radical (unpaired) electrons. The van der Waals surface area contributed by atoms with Gasteiger partial charge in [-0.1, -0.05) is 13.3 Å². The Balaban J connectivity index is 1.54. The number of hydrogen-bond acceptors (Lipinski definition) is 4. The summed E-state index contributed by atoms with van der Waals surface area (Å²) in [5.74, 6) is 0.716. The summed E-state index contributed by atoms with van der Waals surface area (Å²) in [5.41, 5.74) is 5.16. The lowest BCUT2D eigenvalue weighted by molar-refractivity contribution is 0.0952. The van der Waals surface area contributed by atoms with E-state index in [1.54, 1.807) is 23.5 Å². The highest BCUT2D eigenvalue weighted by Crippen LogP contribution is 2.28. The van der Waals surface area contributed by atoms with Crippen molar-refractivity contribution in [2.24, 2.45) is 0 Å². The third kappa shape index (κ3) is 4.81. The number of nitrogens with zero attached hydrogens (tertiary/aromatic N) is 2. The second-order valence-corrected chi connectivity index (χ2v) is 7.54. The van der Waals surface area contributed by atoms with E-state index in [4.69, 9.17) is 4.74 Å². The number of carbonyl (C=O) groups is 1. The third-order valence-electron chi connectivity index (χ3n) is 4.68. The van der Waals surface area contributed by atoms with Crippen molar-refractivity contribution >= 4 is 17.2 Å². The molecule has 6 heteroatoms. The highest BCUT2D eigenvalue weighted by Gasteiger charge is 2.14. The number of hydrogen-bond donors (Lipinski definition) is 1. The minimum atomic E-state index is -0.0836. The number of thiophene rings is 1. The van der Waals surface area contributed by atoms with Crippen LogP contribution in [0.3, 0.4) is 0 Å². The number of aryl methyl sites for hydroxylation is 1. The highest BCUT2D eigenvalue weighted by molar-refractivity contribution is 7.08. The first kappa shape index (κ1) is 20.1. The van der Waals surface area contributed by atoms with Gasteiger partial charge in [0.25, 0.3) is 5.91 Å². The van der Waals surface area contributed by atoms with E-state index < -0.39 is 0 Å². The van der Waals surface area contributed by atoms with Crippen LogP contribution in [0.2, 0.25) is 0 Å². The van der Waals surface area contributed by atoms with E-state index in [1.807, 2.05) is 23.7 Å². The summed E-state index contributed by atoms with van der Waals surface area (Å²) < 4.78 is 7.60. The molecule has 0 spiro atoms. The molecule has 0 aliphatic carbocycles. The molecule has 0 unspecified atom stereocenters. The lowest BCUT2D eigenvalue weighted by atomic mass is 10.1. The van der Waals surface area contributed by atoms with E-state index >= 15 is 0 Å². The maximum atomic E-state index is 12.4. The molecule has 1 aromatic carbocycles. The average Bonchev–Trinajstić information content (AvgIpc) is 3.30. The molecule has 28 heavy (non-hydrogen) atoms. The lowest BCUT2D eigenvalue weighted by Crippen LogP contribution is -2.27. The molecule has 0 atom stereocenters. The van der Waals surface area contributed by atoms with Crippen LogP contribution in [-0.2, 0) is 6.54 Å². The van der Waals surface area contributed by atoms with Gasteiger partial charge in [-0.15, -0.1) is 0 Å². The molecular formula is C22H27N3O2S. The van der Waals surface area contributed by atoms with Gasteiger partial charge in [0.2, 0.25) is 0 Å². The Morgan fingerprint density at radius 2 is 2.00 bits per heavy atom. The fourth-order valence-electron chi connectivity index (χ4n) is 3.15. The smallest absolute Gasteiger partial charge is 0.251 e. The fourth-order valence-corrected chi connectivity index (χ4v) is 3.80. The molecule has 148 valence electrons. The Hall–Kier alpha value is -2.60. The SMILES string of the molecule is CCCCOc1ccc(C(=O)NCCn2nc(C)c(-c3ccsc3)c2C)cc1. The van der Waals surface area contributed by atoms with Crippen LogP contribution in [0, 0.1) is 13.8 Å². The first-order valence-corrected chi connectivity index (χ1v) is 10.6. The zero-order valence-electron chi connectivity index (χ0n) is 16.7. The van der Waals surface area contributed by atoms with Gasteiger partial charge in [0, 0.05) is 23.4 Å². The number of rotatable bonds is 9. The number of carbonyl (C=O) groups excluding carboxylic acids is 1. The number of nitrogens with one attached hydrogen (secondary N) is 1. The summed E-state index contributed by atoms with van der Waals surface area (Å²) >= 11 is 1.68. The van der Waals surface area contributed by atoms with Gasteiger partial charge in [0.15, 0.2) is 0 Å². The number of aromatic nitrogens is 2. The summed E-state index contributed by atoms with van der Waals surface area (Å²) in [4.78, 5) is 12.4. The standard InChI is InChI=1S/C22H27N3O2S/c1-4-5-13-27-20-8-6-18(7-9-20)22(26)23-11-12-25-17(3)21(16(2)24-25)19-10-14-28-15-19/h6-10,14-15H,4-5,11-13H2,1-3H3,(H,23,26). The van der Waals surface area contributed by atoms with Gasteiger partial charge < -0.3 is 10.1 Å². The predicted molar refractivity (Wildman–Crippen MR) is 114 cm³/mol. The average molecular weight is 398 g/mol. The Morgan fingerprint density at radius 3 is 2.68 bits per heavy atom. The second kappa shape index (κ2) is 9.55. The van der Waals surface area contributed by atoms with Gasteiger partial charge in [0.05, 0.1) is 18.8 Å². The van der Waals surface area contributed by atoms with Gasteiger partial charge in [-0.3, -0.25) is 9.48 Å². The van der Waals surface area contributed by atoms with Crippen molar-refractivity contribution in [2.45, 2.75) is 40.2 Å². The van der Waals surface area contributed by atoms with Gasteiger partial charge in [-0.05, 0) is 66.9 Å². The van der Waals surface area contributed by atoms with E-state index in [9.17, 15) is 4.79 Å². The normalized spacial score (nSPS) is 10.8. The molecule has 3 rings (SSSR count). The van der Waals surface area contributed by atoms with Crippen LogP contribution < -0.4 is 10.1 Å². The molecule has 5 nitrogen and oxygen atoms in total. The van der Waals surface area contributed by atoms with Gasteiger partial charge in [-0.2, -0.15) is 16.4 Å². The molecule has 0 aliphatic heterocycles. The van der Waals surface area contributed by atoms with E-state index in [-0.39, 0.29) is 5.91 Å². The third-order valence-corrected chi connectivity index (χ3v) is 5.37. The first-order chi connectivity index (χ1) is 13.6. The van der Waals surface area contributed by atoms with E-state index in [1.165, 1.54) is 11.1 Å². The second-order valence-electron chi connectivity index (χ2n) is 6.76. The molecule has 0 fully saturated rings. The number of benzene rings is 1. The van der Waals surface area contributed by atoms with Gasteiger partial charge in [-0.25, -0.2) is 0 Å². The molecule has 0 saturated heterocycles. The van der Waals surface area contributed by atoms with Crippen LogP contribution in [0.15, 0.2) is 41.1 Å². The van der Waals surface area contributed by atoms with Crippen molar-refractivity contribution in [3.63, 3.8) is 0 Å². The van der Waals surface area contributed by atoms with Crippen molar-refractivity contribution in [1.29, 1.82) is 0 Å². The minimum Gasteiger partial charge on any atom is -0.494 e. The Labute approximate surface area is 170 Å². The topological polar surface area (TPSA) is 56.1 Å². The summed E-state index contributed by atoms with van der Waals surface area (Å²) in [6.07, 6.45) is 2.13. The summed E-state index contributed by atoms with van der Waals surface area (Å²) in [5, 5.41) is 11.8. The maximum Gasteiger partial charge on any atom is 0.251 e. The van der Waals surface area contributed by atoms with Crippen molar-refractivity contribution in [3.8, 4) is 16.9 Å². The molecule has 1 amide bonds. The molecule has 1 N–H and O–H groups in total. The van der Waals surface area contributed by atoms with Crippen LogP contribution in [0.1, 0.15) is 41.5 Å². The van der Waals surface area contributed by atoms with Crippen LogP contribution in [0.25, 0.3) is 11.1 Å². The van der Waals surface area contributed by atoms with Crippen molar-refractivity contribution in [3.05, 3.63) is 58.0 Å². The molecule has 0 saturated carbocycles. The van der Waals surface area contributed by atoms with Crippen molar-refractivity contribution in [1.82, 2.24) is 15.1 Å². The Bertz CT molecular complexity index is 899. The van der Waals surface area contributed by atoms with E-state index in [2.05, 4.69) is 41.1 Å². The number of amides is 1. The van der Waals surface area contributed by atoms with Crippen LogP contribution in [0.5, 0.6) is 5.75 Å². The summed E-state index contributed by atoms with van der Waals surface area (Å²) in [6.45, 7) is 8.11. The molecular weight excluding hydrogens is 370 g/mol. The fraction of sp³-hybridized carbons (Fsp3) is 0.364. The van der Waals surface area contributed by atoms with Crippen LogP contribution in [-0.4, -0.2) is 28.8 Å². The minimum absolute atomic E-state index is 0.0836. The zero-order valence-corrected chi connectivity index (χ0v) is 17.5. The van der Waals surface area contributed by atoms with Crippen LogP contribution >= 0.6 is 11.3 Å². The molecule has 2 aromatic heterocycles. The molecule has 0 bridgehead atoms. The lowest BCUT2D eigenvalue weighted by Gasteiger charge is -2.09. The van der Waals surface area contributed by atoms with Gasteiger partial charge in [0.1, 0.15) is 5.75 Å². The zero-order chi connectivity index (χ0) is 19.9. The molecule has 2 heterocycles. The highest BCUT2D eigenvalue weighted by atomic mass is 32.1. The monoisotopic (exact) mass is 397 g/mol. The predicted octanol–water partition coefficient (Wildman–Crippen LogP) is 4.84. The number of unbranched alkanes of at least 4 members (excludes halogenated alkanes) is 1. The van der Waals surface area contributed by atoms with E-state index in [0.717, 1.165) is 30.0 Å². The molecule has 0 aliphatic rings. The Kier molecular flexibility index (Phi) is 6.87. The quantitative estimate of drug-likeness (QED) is 0.526. The van der Waals surface area contributed by atoms with Gasteiger partial charge >= 0.3 is 0 Å². The molecule has 3 aromatic rings. The van der Waals surface area contributed by atoms with Crippen molar-refractivity contribution < 1.29 is 9.53 Å². The maximum absolute atomic E-state index is 12.4. The first-order valence-electron chi connectivity index (χ1n) is 9.67. The summed E-state index contributed by atoms with van der Waals surface area (Å²) in [6, 6.07) is 9.41. The van der Waals surface area contributed by atoms with Crippen LogP contribution in [0.4, 0.5) is 0 Å². The largest absolute Gasteiger partial charge is 0.494 e.